The zero-order chi connectivity index (χ0) is 12.3. The largest absolute Gasteiger partial charge is 0.326 e. The number of rotatable bonds is 4. The molecule has 0 spiro atoms. The van der Waals surface area contributed by atoms with E-state index in [9.17, 15) is 8.42 Å². The lowest BCUT2D eigenvalue weighted by Crippen LogP contribution is -2.24. The minimum absolute atomic E-state index is 0.197. The highest BCUT2D eigenvalue weighted by Crippen LogP contribution is 2.24. The molecule has 0 aromatic heterocycles. The molecule has 0 amide bonds. The maximum Gasteiger partial charge on any atom is 0.240 e. The number of hydrogen-bond donors (Lipinski definition) is 2. The molecule has 0 atom stereocenters. The third-order valence-corrected chi connectivity index (χ3v) is 4.17. The number of nitrogens with one attached hydrogen (secondary N) is 1. The van der Waals surface area contributed by atoms with Gasteiger partial charge in [0, 0.05) is 18.1 Å². The van der Waals surface area contributed by atoms with Crippen LogP contribution in [0.15, 0.2) is 17.0 Å². The molecule has 0 aliphatic rings. The van der Waals surface area contributed by atoms with Crippen LogP contribution >= 0.6 is 11.6 Å². The molecule has 0 aliphatic carbocycles. The van der Waals surface area contributed by atoms with Gasteiger partial charge < -0.3 is 5.73 Å². The van der Waals surface area contributed by atoms with Crippen molar-refractivity contribution >= 4 is 21.6 Å². The average Bonchev–Trinajstić information content (AvgIpc) is 2.20. The van der Waals surface area contributed by atoms with Gasteiger partial charge in [0.05, 0.1) is 4.90 Å². The molecule has 1 aromatic carbocycles. The molecule has 0 heterocycles. The second-order valence-corrected chi connectivity index (χ2v) is 5.57. The summed E-state index contributed by atoms with van der Waals surface area (Å²) < 4.78 is 26.2. The second kappa shape index (κ2) is 5.14. The van der Waals surface area contributed by atoms with E-state index < -0.39 is 10.0 Å². The van der Waals surface area contributed by atoms with Crippen molar-refractivity contribution in [3.8, 4) is 0 Å². The maximum atomic E-state index is 11.9. The van der Waals surface area contributed by atoms with Gasteiger partial charge in [-0.15, -0.1) is 0 Å². The Morgan fingerprint density at radius 2 is 2.06 bits per heavy atom. The van der Waals surface area contributed by atoms with Crippen molar-refractivity contribution in [2.75, 3.05) is 6.54 Å². The minimum atomic E-state index is -3.49. The summed E-state index contributed by atoms with van der Waals surface area (Å²) in [6.07, 6.45) is 0. The maximum absolute atomic E-state index is 11.9. The molecule has 4 nitrogen and oxygen atoms in total. The lowest BCUT2D eigenvalue weighted by atomic mass is 10.1. The molecular weight excluding hydrogens is 248 g/mol. The smallest absolute Gasteiger partial charge is 0.240 e. The lowest BCUT2D eigenvalue weighted by molar-refractivity contribution is 0.583. The van der Waals surface area contributed by atoms with Crippen molar-refractivity contribution < 1.29 is 8.42 Å². The third kappa shape index (κ3) is 2.74. The van der Waals surface area contributed by atoms with E-state index in [-0.39, 0.29) is 11.4 Å². The van der Waals surface area contributed by atoms with Crippen molar-refractivity contribution in [3.05, 3.63) is 28.3 Å². The minimum Gasteiger partial charge on any atom is -0.326 e. The monoisotopic (exact) mass is 262 g/mol. The molecule has 0 aliphatic heterocycles. The quantitative estimate of drug-likeness (QED) is 0.862. The van der Waals surface area contributed by atoms with E-state index >= 15 is 0 Å². The predicted molar refractivity (Wildman–Crippen MR) is 64.9 cm³/mol. The molecule has 0 saturated heterocycles. The molecule has 0 unspecified atom stereocenters. The van der Waals surface area contributed by atoms with Crippen LogP contribution in [-0.4, -0.2) is 15.0 Å². The van der Waals surface area contributed by atoms with Gasteiger partial charge in [-0.25, -0.2) is 13.1 Å². The van der Waals surface area contributed by atoms with Gasteiger partial charge in [0.1, 0.15) is 0 Å². The average molecular weight is 263 g/mol. The van der Waals surface area contributed by atoms with Crippen LogP contribution in [-0.2, 0) is 16.6 Å². The van der Waals surface area contributed by atoms with Gasteiger partial charge in [0.2, 0.25) is 10.0 Å². The second-order valence-electron chi connectivity index (χ2n) is 3.39. The van der Waals surface area contributed by atoms with Crippen molar-refractivity contribution in [3.63, 3.8) is 0 Å². The van der Waals surface area contributed by atoms with Crippen molar-refractivity contribution in [1.82, 2.24) is 4.72 Å². The van der Waals surface area contributed by atoms with Crippen LogP contribution in [0, 0.1) is 6.92 Å². The Morgan fingerprint density at radius 3 is 2.56 bits per heavy atom. The zero-order valence-corrected chi connectivity index (χ0v) is 10.8. The fourth-order valence-corrected chi connectivity index (χ4v) is 3.12. The van der Waals surface area contributed by atoms with E-state index in [1.807, 2.05) is 0 Å². The summed E-state index contributed by atoms with van der Waals surface area (Å²) in [7, 11) is -3.49. The Bertz CT molecular complexity index is 486. The molecule has 3 N–H and O–H groups in total. The first-order chi connectivity index (χ1) is 7.42. The van der Waals surface area contributed by atoms with Gasteiger partial charge >= 0.3 is 0 Å². The van der Waals surface area contributed by atoms with Gasteiger partial charge in [0.15, 0.2) is 0 Å². The molecule has 0 radical (unpaired) electrons. The standard InChI is InChI=1S/C10H15ClN2O2S/c1-3-13-16(14,15)10-5-9(11)4-8(6-12)7(10)2/h4-5,13H,3,6,12H2,1-2H3. The number of halogens is 1. The van der Waals surface area contributed by atoms with Crippen LogP contribution in [0.3, 0.4) is 0 Å². The van der Waals surface area contributed by atoms with E-state index in [1.165, 1.54) is 6.07 Å². The summed E-state index contributed by atoms with van der Waals surface area (Å²) in [4.78, 5) is 0.197. The Kier molecular flexibility index (Phi) is 4.32. The SMILES string of the molecule is CCNS(=O)(=O)c1cc(Cl)cc(CN)c1C. The van der Waals surface area contributed by atoms with Gasteiger partial charge in [-0.3, -0.25) is 0 Å². The topological polar surface area (TPSA) is 72.2 Å². The number of sulfonamides is 1. The number of benzene rings is 1. The first kappa shape index (κ1) is 13.4. The molecule has 6 heteroatoms. The third-order valence-electron chi connectivity index (χ3n) is 2.28. The fourth-order valence-electron chi connectivity index (χ4n) is 1.47. The number of nitrogens with two attached hydrogens (primary N) is 1. The summed E-state index contributed by atoms with van der Waals surface area (Å²) >= 11 is 5.86. The van der Waals surface area contributed by atoms with Crippen LogP contribution in [0.25, 0.3) is 0 Å². The zero-order valence-electron chi connectivity index (χ0n) is 9.25. The normalized spacial score (nSPS) is 11.8. The van der Waals surface area contributed by atoms with Gasteiger partial charge in [-0.1, -0.05) is 18.5 Å². The highest BCUT2D eigenvalue weighted by Gasteiger charge is 2.18. The van der Waals surface area contributed by atoms with Gasteiger partial charge in [-0.05, 0) is 30.2 Å². The van der Waals surface area contributed by atoms with Gasteiger partial charge in [-0.2, -0.15) is 0 Å². The highest BCUT2D eigenvalue weighted by atomic mass is 35.5. The molecular formula is C10H15ClN2O2S. The summed E-state index contributed by atoms with van der Waals surface area (Å²) in [5, 5.41) is 0.377. The molecule has 1 rings (SSSR count). The Morgan fingerprint density at radius 1 is 1.44 bits per heavy atom. The van der Waals surface area contributed by atoms with Crippen molar-refractivity contribution in [2.45, 2.75) is 25.3 Å². The molecule has 0 bridgehead atoms. The van der Waals surface area contributed by atoms with Crippen LogP contribution in [0.5, 0.6) is 0 Å². The van der Waals surface area contributed by atoms with Crippen molar-refractivity contribution in [1.29, 1.82) is 0 Å². The summed E-state index contributed by atoms with van der Waals surface area (Å²) in [6, 6.07) is 3.12. The van der Waals surface area contributed by atoms with E-state index in [4.69, 9.17) is 17.3 Å². The first-order valence-electron chi connectivity index (χ1n) is 4.91. The van der Waals surface area contributed by atoms with Crippen LogP contribution in [0.1, 0.15) is 18.1 Å². The lowest BCUT2D eigenvalue weighted by Gasteiger charge is -2.11. The fraction of sp³-hybridized carbons (Fsp3) is 0.400. The summed E-state index contributed by atoms with van der Waals surface area (Å²) in [5.74, 6) is 0. The van der Waals surface area contributed by atoms with Crippen LogP contribution in [0.4, 0.5) is 0 Å². The molecule has 90 valence electrons. The molecule has 1 aromatic rings. The first-order valence-corrected chi connectivity index (χ1v) is 6.77. The molecule has 0 fully saturated rings. The Balaban J connectivity index is 3.39. The highest BCUT2D eigenvalue weighted by molar-refractivity contribution is 7.89. The van der Waals surface area contributed by atoms with Crippen LogP contribution < -0.4 is 10.5 Å². The summed E-state index contributed by atoms with van der Waals surface area (Å²) in [5.41, 5.74) is 6.92. The summed E-state index contributed by atoms with van der Waals surface area (Å²) in [6.45, 7) is 4.05. The Hall–Kier alpha value is -0.620. The molecule has 16 heavy (non-hydrogen) atoms. The van der Waals surface area contributed by atoms with E-state index in [0.29, 0.717) is 17.1 Å². The molecule has 0 saturated carbocycles. The van der Waals surface area contributed by atoms with Crippen molar-refractivity contribution in [2.24, 2.45) is 5.73 Å². The van der Waals surface area contributed by atoms with E-state index in [1.54, 1.807) is 19.9 Å². The van der Waals surface area contributed by atoms with E-state index in [0.717, 1.165) is 5.56 Å². The van der Waals surface area contributed by atoms with E-state index in [2.05, 4.69) is 4.72 Å². The predicted octanol–water partition coefficient (Wildman–Crippen LogP) is 1.41. The van der Waals surface area contributed by atoms with Crippen LogP contribution in [0.2, 0.25) is 5.02 Å². The van der Waals surface area contributed by atoms with Gasteiger partial charge in [0.25, 0.3) is 0 Å². The number of hydrogen-bond acceptors (Lipinski definition) is 3. The Labute approximate surface area is 101 Å².